The average Bonchev–Trinajstić information content (AvgIpc) is 2.93. The van der Waals surface area contributed by atoms with E-state index >= 15 is 0 Å². The summed E-state index contributed by atoms with van der Waals surface area (Å²) in [5.74, 6) is -10.4. The van der Waals surface area contributed by atoms with Crippen LogP contribution in [0, 0.1) is 15.0 Å². The molecule has 11 nitrogen and oxygen atoms in total. The quantitative estimate of drug-likeness (QED) is 0.100. The molecule has 0 heterocycles. The second kappa shape index (κ2) is 12.3. The summed E-state index contributed by atoms with van der Waals surface area (Å²) < 4.78 is 69.2. The highest BCUT2D eigenvalue weighted by Gasteiger charge is 2.56. The van der Waals surface area contributed by atoms with E-state index in [-0.39, 0.29) is 23.5 Å². The maximum Gasteiger partial charge on any atom is 0.328 e. The van der Waals surface area contributed by atoms with Gasteiger partial charge in [-0.2, -0.15) is 17.6 Å². The molecule has 4 N–H and O–H groups in total. The minimum absolute atomic E-state index is 0.187. The molecule has 212 valence electrons. The first-order valence-electron chi connectivity index (χ1n) is 11.4. The van der Waals surface area contributed by atoms with Crippen molar-refractivity contribution in [2.75, 3.05) is 30.8 Å². The Bertz CT molecular complexity index is 1390. The van der Waals surface area contributed by atoms with Gasteiger partial charge in [-0.1, -0.05) is 24.3 Å². The van der Waals surface area contributed by atoms with Gasteiger partial charge in [0.25, 0.3) is 5.69 Å². The minimum atomic E-state index is -4.76. The number of carbonyl (C=O) groups excluding carboxylic acids is 1. The van der Waals surface area contributed by atoms with Gasteiger partial charge in [0, 0.05) is 11.6 Å². The number of amides is 1. The van der Waals surface area contributed by atoms with Crippen LogP contribution in [0.2, 0.25) is 0 Å². The molecule has 0 atom stereocenters. The van der Waals surface area contributed by atoms with Crippen LogP contribution in [-0.4, -0.2) is 42.9 Å². The lowest BCUT2D eigenvalue weighted by Gasteiger charge is -2.28. The van der Waals surface area contributed by atoms with Crippen molar-refractivity contribution in [2.45, 2.75) is 18.5 Å². The van der Waals surface area contributed by atoms with Gasteiger partial charge in [0.15, 0.2) is 11.4 Å². The van der Waals surface area contributed by atoms with Gasteiger partial charge >= 0.3 is 11.8 Å². The maximum absolute atomic E-state index is 14.7. The van der Waals surface area contributed by atoms with Crippen molar-refractivity contribution < 1.29 is 36.8 Å². The number of ether oxygens (including phenoxy) is 2. The largest absolute Gasteiger partial charge is 0.497 e. The second-order valence-corrected chi connectivity index (χ2v) is 8.35. The highest BCUT2D eigenvalue weighted by molar-refractivity contribution is 5.95. The molecule has 0 saturated heterocycles. The Morgan fingerprint density at radius 2 is 1.65 bits per heavy atom. The van der Waals surface area contributed by atoms with E-state index in [0.717, 1.165) is 6.07 Å². The summed E-state index contributed by atoms with van der Waals surface area (Å²) in [4.78, 5) is 33.2. The zero-order chi connectivity index (χ0) is 29.5. The molecule has 3 aromatic carbocycles. The van der Waals surface area contributed by atoms with Crippen LogP contribution >= 0.6 is 0 Å². The van der Waals surface area contributed by atoms with Crippen LogP contribution in [0.5, 0.6) is 11.5 Å². The molecular weight excluding hydrogens is 542 g/mol. The van der Waals surface area contributed by atoms with Crippen molar-refractivity contribution in [1.29, 1.82) is 0 Å². The van der Waals surface area contributed by atoms with Gasteiger partial charge in [0.05, 0.1) is 30.8 Å². The number of primary amides is 1. The third-order valence-corrected chi connectivity index (χ3v) is 5.64. The number of para-hydroxylation sites is 1. The topological polar surface area (TPSA) is 158 Å². The number of nitro groups is 1. The van der Waals surface area contributed by atoms with Crippen molar-refractivity contribution in [3.8, 4) is 11.5 Å². The fourth-order valence-corrected chi connectivity index (χ4v) is 3.43. The number of nitrogens with zero attached hydrogens (tertiary/aromatic N) is 2. The molecule has 0 spiro atoms. The second-order valence-electron chi connectivity index (χ2n) is 8.35. The summed E-state index contributed by atoms with van der Waals surface area (Å²) in [5.41, 5.74) is 3.39. The molecule has 15 heteroatoms. The molecular formula is C25H23F4N5O6. The maximum atomic E-state index is 14.7. The van der Waals surface area contributed by atoms with Crippen molar-refractivity contribution >= 4 is 28.7 Å². The number of anilines is 2. The number of halogens is 4. The van der Waals surface area contributed by atoms with E-state index < -0.39 is 52.9 Å². The Balaban J connectivity index is 1.86. The zero-order valence-electron chi connectivity index (χ0n) is 20.8. The van der Waals surface area contributed by atoms with Crippen molar-refractivity contribution in [1.82, 2.24) is 0 Å². The predicted molar refractivity (Wildman–Crippen MR) is 138 cm³/mol. The molecule has 1 amide bonds. The molecule has 3 aromatic rings. The van der Waals surface area contributed by atoms with Crippen LogP contribution in [0.4, 0.5) is 40.3 Å². The third kappa shape index (κ3) is 6.92. The number of nitrogens with two attached hydrogens (primary N) is 1. The summed E-state index contributed by atoms with van der Waals surface area (Å²) in [7, 11) is 1.45. The Morgan fingerprint density at radius 1 is 1.02 bits per heavy atom. The molecule has 0 aliphatic heterocycles. The van der Waals surface area contributed by atoms with Crippen molar-refractivity contribution in [3.05, 3.63) is 86.8 Å². The van der Waals surface area contributed by atoms with Crippen molar-refractivity contribution in [2.24, 2.45) is 10.9 Å². The van der Waals surface area contributed by atoms with E-state index in [9.17, 15) is 37.4 Å². The van der Waals surface area contributed by atoms with Crippen molar-refractivity contribution in [3.63, 3.8) is 0 Å². The zero-order valence-corrected chi connectivity index (χ0v) is 20.8. The number of hydrogen-bond acceptors (Lipinski definition) is 9. The number of methoxy groups -OCH3 is 1. The van der Waals surface area contributed by atoms with Crippen LogP contribution in [0.3, 0.4) is 0 Å². The number of nitrogens with one attached hydrogen (secondary N) is 2. The van der Waals surface area contributed by atoms with Gasteiger partial charge < -0.3 is 25.8 Å². The van der Waals surface area contributed by atoms with Gasteiger partial charge in [-0.05, 0) is 41.1 Å². The van der Waals surface area contributed by atoms with Gasteiger partial charge in [-0.25, -0.2) is 0 Å². The normalized spacial score (nSPS) is 11.4. The van der Waals surface area contributed by atoms with Gasteiger partial charge in [-0.15, -0.1) is 4.91 Å². The van der Waals surface area contributed by atoms with Crippen LogP contribution in [0.25, 0.3) is 0 Å². The highest BCUT2D eigenvalue weighted by atomic mass is 19.3. The molecule has 0 radical (unpaired) electrons. The third-order valence-electron chi connectivity index (χ3n) is 5.64. The Hall–Kier alpha value is -4.95. The lowest BCUT2D eigenvalue weighted by Crippen LogP contribution is -2.50. The number of hydrogen-bond donors (Lipinski definition) is 3. The number of alkyl halides is 4. The van der Waals surface area contributed by atoms with E-state index in [4.69, 9.17) is 15.2 Å². The van der Waals surface area contributed by atoms with E-state index in [1.54, 1.807) is 24.3 Å². The summed E-state index contributed by atoms with van der Waals surface area (Å²) >= 11 is 0. The molecule has 0 aliphatic carbocycles. The molecule has 0 saturated carbocycles. The van der Waals surface area contributed by atoms with Gasteiger partial charge in [0.2, 0.25) is 5.91 Å². The summed E-state index contributed by atoms with van der Waals surface area (Å²) in [5, 5.41) is 18.4. The van der Waals surface area contributed by atoms with E-state index in [1.165, 1.54) is 31.4 Å². The van der Waals surface area contributed by atoms with Crippen LogP contribution in [-0.2, 0) is 6.61 Å². The molecule has 0 unspecified atom stereocenters. The number of benzene rings is 3. The monoisotopic (exact) mass is 565 g/mol. The van der Waals surface area contributed by atoms with E-state index in [2.05, 4.69) is 10.5 Å². The average molecular weight is 565 g/mol. The first kappa shape index (κ1) is 29.6. The first-order valence-corrected chi connectivity index (χ1v) is 11.4. The SMILES string of the molecule is COc1ccc(COc2cc(C(N)=O)cc([N+](=O)[O-])c2NCC(F)(F)C(F)(F)CNc2ccccc2N=O)cc1. The van der Waals surface area contributed by atoms with Crippen LogP contribution in [0.1, 0.15) is 15.9 Å². The fraction of sp³-hybridized carbons (Fsp3) is 0.240. The van der Waals surface area contributed by atoms with Crippen LogP contribution in [0.15, 0.2) is 65.8 Å². The Kier molecular flexibility index (Phi) is 9.08. The van der Waals surface area contributed by atoms with E-state index in [0.29, 0.717) is 17.4 Å². The smallest absolute Gasteiger partial charge is 0.328 e. The molecule has 3 rings (SSSR count). The number of nitro benzene ring substituents is 1. The Morgan fingerprint density at radius 3 is 2.23 bits per heavy atom. The standard InChI is InChI=1S/C25H23F4N5O6/c1-39-17-8-6-15(7-9-17)12-40-21-11-16(23(30)35)10-20(34(37)38)22(21)32-14-25(28,29)24(26,27)13-31-18-4-2-3-5-19(18)33-36/h2-11,31-32H,12-14H2,1H3,(H2,30,35). The number of rotatable bonds is 14. The Labute approximate surface area is 224 Å². The highest BCUT2D eigenvalue weighted by Crippen LogP contribution is 2.40. The molecule has 0 bridgehead atoms. The number of nitroso groups, excluding NO2 is 1. The summed E-state index contributed by atoms with van der Waals surface area (Å²) in [6, 6.07) is 13.3. The minimum Gasteiger partial charge on any atom is -0.497 e. The molecule has 0 aromatic heterocycles. The van der Waals surface area contributed by atoms with Gasteiger partial charge in [-0.3, -0.25) is 14.9 Å². The first-order chi connectivity index (χ1) is 18.9. The summed E-state index contributed by atoms with van der Waals surface area (Å²) in [6.07, 6.45) is 0. The van der Waals surface area contributed by atoms with Crippen LogP contribution < -0.4 is 25.8 Å². The molecule has 40 heavy (non-hydrogen) atoms. The lowest BCUT2D eigenvalue weighted by atomic mass is 10.1. The number of carbonyl (C=O) groups is 1. The van der Waals surface area contributed by atoms with Gasteiger partial charge in [0.1, 0.15) is 18.0 Å². The molecule has 0 aliphatic rings. The predicted octanol–water partition coefficient (Wildman–Crippen LogP) is 5.47. The van der Waals surface area contributed by atoms with E-state index in [1.807, 2.05) is 5.32 Å². The molecule has 0 fully saturated rings. The lowest BCUT2D eigenvalue weighted by molar-refractivity contribution is -0.384. The fourth-order valence-electron chi connectivity index (χ4n) is 3.43. The summed E-state index contributed by atoms with van der Waals surface area (Å²) in [6.45, 7) is -3.58.